The van der Waals surface area contributed by atoms with E-state index < -0.39 is 12.0 Å². The van der Waals surface area contributed by atoms with Crippen LogP contribution < -0.4 is 0 Å². The molecule has 1 amide bonds. The molecule has 1 atom stereocenters. The summed E-state index contributed by atoms with van der Waals surface area (Å²) in [4.78, 5) is 26.1. The highest BCUT2D eigenvalue weighted by atomic mass is 32.2. The molecule has 1 aromatic carbocycles. The summed E-state index contributed by atoms with van der Waals surface area (Å²) in [6, 6.07) is 7.36. The monoisotopic (exact) mass is 363 g/mol. The maximum absolute atomic E-state index is 12.5. The molecule has 1 fully saturated rings. The fourth-order valence-corrected chi connectivity index (χ4v) is 3.74. The largest absolute Gasteiger partial charge is 0.467 e. The zero-order valence-corrected chi connectivity index (χ0v) is 16.1. The Morgan fingerprint density at radius 3 is 2.38 bits per heavy atom. The van der Waals surface area contributed by atoms with Crippen LogP contribution in [0.2, 0.25) is 0 Å². The number of nitrogens with zero attached hydrogens (tertiary/aromatic N) is 1. The fourth-order valence-electron chi connectivity index (χ4n) is 2.32. The number of rotatable bonds is 3. The standard InChI is InChI=1S/C18H21NO3S2/c1-11(16(21)22-5)19-15(20)14(24-17(19)23)10-12-6-8-13(9-7-12)18(2,3)4/h6-11H,1-5H3. The van der Waals surface area contributed by atoms with Gasteiger partial charge in [-0.25, -0.2) is 4.79 Å². The van der Waals surface area contributed by atoms with E-state index in [1.165, 1.54) is 29.3 Å². The van der Waals surface area contributed by atoms with E-state index in [9.17, 15) is 9.59 Å². The van der Waals surface area contributed by atoms with Crippen LogP contribution in [-0.2, 0) is 19.7 Å². The van der Waals surface area contributed by atoms with Crippen LogP contribution >= 0.6 is 24.0 Å². The molecule has 6 heteroatoms. The molecule has 128 valence electrons. The fraction of sp³-hybridized carbons (Fsp3) is 0.389. The van der Waals surface area contributed by atoms with Gasteiger partial charge in [0.15, 0.2) is 0 Å². The Balaban J connectivity index is 2.24. The zero-order valence-electron chi connectivity index (χ0n) is 14.5. The molecular weight excluding hydrogens is 342 g/mol. The quantitative estimate of drug-likeness (QED) is 0.465. The first-order chi connectivity index (χ1) is 11.1. The van der Waals surface area contributed by atoms with Gasteiger partial charge < -0.3 is 4.74 Å². The molecule has 0 N–H and O–H groups in total. The van der Waals surface area contributed by atoms with Crippen LogP contribution in [0, 0.1) is 0 Å². The number of hydrogen-bond donors (Lipinski definition) is 0. The van der Waals surface area contributed by atoms with Crippen molar-refractivity contribution in [1.29, 1.82) is 0 Å². The number of ether oxygens (including phenoxy) is 1. The number of carbonyl (C=O) groups is 2. The summed E-state index contributed by atoms with van der Waals surface area (Å²) in [5.41, 5.74) is 2.23. The van der Waals surface area contributed by atoms with Crippen LogP contribution in [0.1, 0.15) is 38.8 Å². The van der Waals surface area contributed by atoms with Gasteiger partial charge in [0.1, 0.15) is 10.4 Å². The molecular formula is C18H21NO3S2. The van der Waals surface area contributed by atoms with Crippen LogP contribution in [-0.4, -0.2) is 34.2 Å². The molecule has 1 aliphatic rings. The van der Waals surface area contributed by atoms with Crippen molar-refractivity contribution in [2.45, 2.75) is 39.2 Å². The average molecular weight is 364 g/mol. The van der Waals surface area contributed by atoms with Gasteiger partial charge in [-0.05, 0) is 29.5 Å². The predicted octanol–water partition coefficient (Wildman–Crippen LogP) is 3.75. The smallest absolute Gasteiger partial charge is 0.328 e. The van der Waals surface area contributed by atoms with Crippen molar-refractivity contribution in [2.75, 3.05) is 7.11 Å². The molecule has 1 saturated heterocycles. The Labute approximate surface area is 152 Å². The summed E-state index contributed by atoms with van der Waals surface area (Å²) in [5, 5.41) is 0. The second kappa shape index (κ2) is 7.07. The van der Waals surface area contributed by atoms with Crippen molar-refractivity contribution >= 4 is 46.3 Å². The third-order valence-corrected chi connectivity index (χ3v) is 5.16. The first-order valence-electron chi connectivity index (χ1n) is 7.60. The molecule has 0 radical (unpaired) electrons. The summed E-state index contributed by atoms with van der Waals surface area (Å²) >= 11 is 6.45. The Morgan fingerprint density at radius 1 is 1.29 bits per heavy atom. The van der Waals surface area contributed by atoms with Crippen LogP contribution in [0.5, 0.6) is 0 Å². The number of methoxy groups -OCH3 is 1. The number of thioether (sulfide) groups is 1. The predicted molar refractivity (Wildman–Crippen MR) is 102 cm³/mol. The molecule has 1 unspecified atom stereocenters. The van der Waals surface area contributed by atoms with E-state index >= 15 is 0 Å². The molecule has 24 heavy (non-hydrogen) atoms. The highest BCUT2D eigenvalue weighted by molar-refractivity contribution is 8.26. The average Bonchev–Trinajstić information content (AvgIpc) is 2.79. The number of amides is 1. The van der Waals surface area contributed by atoms with Crippen LogP contribution in [0.15, 0.2) is 29.2 Å². The van der Waals surface area contributed by atoms with Gasteiger partial charge >= 0.3 is 5.97 Å². The van der Waals surface area contributed by atoms with Gasteiger partial charge in [0.05, 0.1) is 12.0 Å². The lowest BCUT2D eigenvalue weighted by molar-refractivity contribution is -0.147. The van der Waals surface area contributed by atoms with Gasteiger partial charge in [-0.15, -0.1) is 0 Å². The molecule has 2 rings (SSSR count). The zero-order chi connectivity index (χ0) is 18.1. The van der Waals surface area contributed by atoms with E-state index in [1.54, 1.807) is 13.0 Å². The number of carbonyl (C=O) groups excluding carboxylic acids is 2. The summed E-state index contributed by atoms with van der Waals surface area (Å²) in [6.45, 7) is 8.07. The van der Waals surface area contributed by atoms with Crippen LogP contribution in [0.3, 0.4) is 0 Å². The van der Waals surface area contributed by atoms with E-state index in [0.717, 1.165) is 5.56 Å². The molecule has 0 bridgehead atoms. The van der Waals surface area contributed by atoms with E-state index in [4.69, 9.17) is 17.0 Å². The van der Waals surface area contributed by atoms with Crippen LogP contribution in [0.25, 0.3) is 6.08 Å². The van der Waals surface area contributed by atoms with E-state index in [-0.39, 0.29) is 11.3 Å². The maximum atomic E-state index is 12.5. The lowest BCUT2D eigenvalue weighted by atomic mass is 9.87. The SMILES string of the molecule is COC(=O)C(C)N1C(=O)C(=Cc2ccc(C(C)(C)C)cc2)SC1=S. The van der Waals surface area contributed by atoms with E-state index in [0.29, 0.717) is 9.23 Å². The van der Waals surface area contributed by atoms with Gasteiger partial charge in [0.2, 0.25) is 0 Å². The van der Waals surface area contributed by atoms with Crippen LogP contribution in [0.4, 0.5) is 0 Å². The molecule has 1 heterocycles. The Kier molecular flexibility index (Phi) is 5.50. The molecule has 0 aromatic heterocycles. The normalized spacial score (nSPS) is 18.2. The summed E-state index contributed by atoms with van der Waals surface area (Å²) in [6.07, 6.45) is 1.80. The number of esters is 1. The molecule has 0 spiro atoms. The minimum atomic E-state index is -0.725. The first kappa shape index (κ1) is 18.7. The summed E-state index contributed by atoms with van der Waals surface area (Å²) in [5.74, 6) is -0.745. The molecule has 1 aromatic rings. The summed E-state index contributed by atoms with van der Waals surface area (Å²) < 4.78 is 5.07. The van der Waals surface area contributed by atoms with Gasteiger partial charge in [0, 0.05) is 0 Å². The Morgan fingerprint density at radius 2 is 1.88 bits per heavy atom. The highest BCUT2D eigenvalue weighted by Gasteiger charge is 2.38. The lowest BCUT2D eigenvalue weighted by Crippen LogP contribution is -2.42. The van der Waals surface area contributed by atoms with Gasteiger partial charge in [-0.2, -0.15) is 0 Å². The molecule has 0 aliphatic carbocycles. The third-order valence-electron chi connectivity index (χ3n) is 3.83. The number of hydrogen-bond acceptors (Lipinski definition) is 5. The minimum absolute atomic E-state index is 0.0813. The highest BCUT2D eigenvalue weighted by Crippen LogP contribution is 2.34. The van der Waals surface area contributed by atoms with Gasteiger partial charge in [-0.3, -0.25) is 9.69 Å². The summed E-state index contributed by atoms with van der Waals surface area (Å²) in [7, 11) is 1.29. The second-order valence-electron chi connectivity index (χ2n) is 6.62. The molecule has 0 saturated carbocycles. The maximum Gasteiger partial charge on any atom is 0.328 e. The lowest BCUT2D eigenvalue weighted by Gasteiger charge is -2.20. The van der Waals surface area contributed by atoms with Gasteiger partial charge in [0.25, 0.3) is 5.91 Å². The molecule has 4 nitrogen and oxygen atoms in total. The third kappa shape index (κ3) is 3.87. The van der Waals surface area contributed by atoms with Gasteiger partial charge in [-0.1, -0.05) is 69.0 Å². The van der Waals surface area contributed by atoms with Crippen molar-refractivity contribution in [3.05, 3.63) is 40.3 Å². The van der Waals surface area contributed by atoms with E-state index in [1.807, 2.05) is 12.1 Å². The Hall–Kier alpha value is -1.66. The number of thiocarbonyl (C=S) groups is 1. The second-order valence-corrected chi connectivity index (χ2v) is 8.30. The van der Waals surface area contributed by atoms with E-state index in [2.05, 4.69) is 32.9 Å². The topological polar surface area (TPSA) is 46.6 Å². The van der Waals surface area contributed by atoms with Crippen molar-refractivity contribution in [1.82, 2.24) is 4.90 Å². The van der Waals surface area contributed by atoms with Crippen molar-refractivity contribution in [3.63, 3.8) is 0 Å². The molecule has 1 aliphatic heterocycles. The first-order valence-corrected chi connectivity index (χ1v) is 8.83. The van der Waals surface area contributed by atoms with Crippen molar-refractivity contribution in [3.8, 4) is 0 Å². The van der Waals surface area contributed by atoms with Crippen molar-refractivity contribution in [2.24, 2.45) is 0 Å². The Bertz CT molecular complexity index is 702. The number of benzene rings is 1. The van der Waals surface area contributed by atoms with Crippen molar-refractivity contribution < 1.29 is 14.3 Å². The minimum Gasteiger partial charge on any atom is -0.467 e.